The van der Waals surface area contributed by atoms with Crippen molar-refractivity contribution in [2.75, 3.05) is 12.4 Å². The summed E-state index contributed by atoms with van der Waals surface area (Å²) in [5.41, 5.74) is 1.60. The fourth-order valence-electron chi connectivity index (χ4n) is 3.28. The van der Waals surface area contributed by atoms with Gasteiger partial charge >= 0.3 is 0 Å². The van der Waals surface area contributed by atoms with Crippen LogP contribution in [0.15, 0.2) is 11.6 Å². The molecule has 0 radical (unpaired) electrons. The van der Waals surface area contributed by atoms with Crippen LogP contribution in [0.2, 0.25) is 0 Å². The van der Waals surface area contributed by atoms with E-state index < -0.39 is 11.1 Å². The second-order valence-electron chi connectivity index (χ2n) is 5.50. The first kappa shape index (κ1) is 14.2. The molecular weight excluding hydrogens is 248 g/mol. The van der Waals surface area contributed by atoms with Crippen LogP contribution in [0.4, 0.5) is 0 Å². The first-order valence-electron chi connectivity index (χ1n) is 7.07. The van der Waals surface area contributed by atoms with Gasteiger partial charge in [-0.1, -0.05) is 18.6 Å². The molecule has 2 aliphatic rings. The molecule has 0 amide bonds. The monoisotopic (exact) mass is 272 g/mol. The highest BCUT2D eigenvalue weighted by Crippen LogP contribution is 2.41. The molecule has 0 spiro atoms. The smallest absolute Gasteiger partial charge is 0.152 e. The zero-order valence-electron chi connectivity index (χ0n) is 11.1. The molecule has 0 aromatic rings. The molecular formula is C14H24O3S. The zero-order chi connectivity index (χ0) is 13.0. The Morgan fingerprint density at radius 2 is 2.33 bits per heavy atom. The molecule has 2 rings (SSSR count). The van der Waals surface area contributed by atoms with E-state index >= 15 is 0 Å². The third kappa shape index (κ3) is 3.90. The molecule has 0 aromatic carbocycles. The number of rotatable bonds is 6. The van der Waals surface area contributed by atoms with E-state index in [2.05, 4.69) is 13.0 Å². The van der Waals surface area contributed by atoms with Gasteiger partial charge in [0.1, 0.15) is 0 Å². The third-order valence-electron chi connectivity index (χ3n) is 4.20. The molecule has 0 aromatic heterocycles. The Labute approximate surface area is 112 Å². The maximum atomic E-state index is 10.6. The van der Waals surface area contributed by atoms with Gasteiger partial charge in [-0.25, -0.2) is 4.21 Å². The van der Waals surface area contributed by atoms with Crippen LogP contribution in [-0.2, 0) is 15.8 Å². The number of hydrogen-bond acceptors (Lipinski definition) is 2. The van der Waals surface area contributed by atoms with Crippen molar-refractivity contribution in [3.8, 4) is 0 Å². The quantitative estimate of drug-likeness (QED) is 0.459. The topological polar surface area (TPSA) is 46.5 Å². The minimum Gasteiger partial charge on any atom is -0.378 e. The van der Waals surface area contributed by atoms with Crippen LogP contribution in [0.25, 0.3) is 0 Å². The molecule has 4 heteroatoms. The molecule has 18 heavy (non-hydrogen) atoms. The molecule has 0 saturated heterocycles. The average molecular weight is 272 g/mol. The summed E-state index contributed by atoms with van der Waals surface area (Å²) in [7, 11) is 0. The minimum absolute atomic E-state index is 0.333. The van der Waals surface area contributed by atoms with Gasteiger partial charge in [-0.3, -0.25) is 0 Å². The molecule has 1 N–H and O–H groups in total. The van der Waals surface area contributed by atoms with Crippen LogP contribution in [0.5, 0.6) is 0 Å². The first-order valence-corrected chi connectivity index (χ1v) is 8.35. The summed E-state index contributed by atoms with van der Waals surface area (Å²) >= 11 is -1.67. The standard InChI is InChI=1S/C14H24O3S/c1-2-11-8-12-4-5-14(13(9-11)10-12)17-6-3-7-18(15)16/h8,12-14H,2-7,9-10H2,1H3,(H,15,16). The van der Waals surface area contributed by atoms with Crippen molar-refractivity contribution in [2.24, 2.45) is 11.8 Å². The van der Waals surface area contributed by atoms with Gasteiger partial charge in [0.25, 0.3) is 0 Å². The van der Waals surface area contributed by atoms with Gasteiger partial charge in [0.15, 0.2) is 11.1 Å². The van der Waals surface area contributed by atoms with Gasteiger partial charge in [-0.05, 0) is 50.4 Å². The fraction of sp³-hybridized carbons (Fsp3) is 0.857. The summed E-state index contributed by atoms with van der Waals surface area (Å²) in [5.74, 6) is 1.80. The second kappa shape index (κ2) is 6.83. The summed E-state index contributed by atoms with van der Waals surface area (Å²) < 4.78 is 25.2. The van der Waals surface area contributed by atoms with Gasteiger partial charge in [-0.2, -0.15) is 0 Å². The Morgan fingerprint density at radius 3 is 3.06 bits per heavy atom. The van der Waals surface area contributed by atoms with Crippen LogP contribution >= 0.6 is 0 Å². The van der Waals surface area contributed by atoms with Crippen LogP contribution in [0, 0.1) is 11.8 Å². The van der Waals surface area contributed by atoms with Crippen molar-refractivity contribution in [3.05, 3.63) is 11.6 Å². The van der Waals surface area contributed by atoms with Crippen LogP contribution in [-0.4, -0.2) is 27.2 Å². The largest absolute Gasteiger partial charge is 0.378 e. The fourth-order valence-corrected chi connectivity index (χ4v) is 3.64. The molecule has 4 atom stereocenters. The molecule has 0 heterocycles. The minimum atomic E-state index is -1.67. The maximum Gasteiger partial charge on any atom is 0.152 e. The average Bonchev–Trinajstić information content (AvgIpc) is 2.36. The molecule has 3 nitrogen and oxygen atoms in total. The van der Waals surface area contributed by atoms with E-state index in [0.29, 0.717) is 30.8 Å². The Morgan fingerprint density at radius 1 is 1.50 bits per heavy atom. The number of ether oxygens (including phenoxy) is 1. The summed E-state index contributed by atoms with van der Waals surface area (Å²) in [6.45, 7) is 2.86. The van der Waals surface area contributed by atoms with E-state index in [-0.39, 0.29) is 0 Å². The number of hydrogen-bond donors (Lipinski definition) is 1. The van der Waals surface area contributed by atoms with Crippen molar-refractivity contribution in [2.45, 2.75) is 51.6 Å². The molecule has 2 bridgehead atoms. The predicted octanol–water partition coefficient (Wildman–Crippen LogP) is 3.14. The Hall–Kier alpha value is -0.190. The second-order valence-corrected chi connectivity index (χ2v) is 6.56. The maximum absolute atomic E-state index is 10.6. The van der Waals surface area contributed by atoms with Crippen LogP contribution < -0.4 is 0 Å². The van der Waals surface area contributed by atoms with E-state index in [1.54, 1.807) is 5.57 Å². The Kier molecular flexibility index (Phi) is 5.39. The van der Waals surface area contributed by atoms with Gasteiger partial charge in [0, 0.05) is 6.61 Å². The molecule has 4 unspecified atom stereocenters. The SMILES string of the molecule is CCC1=CC2CCC(OCCCS(=O)O)C(C1)C2. The first-order chi connectivity index (χ1) is 8.69. The number of fused-ring (bicyclic) bond motifs is 2. The van der Waals surface area contributed by atoms with E-state index in [9.17, 15) is 4.21 Å². The van der Waals surface area contributed by atoms with Gasteiger partial charge in [-0.15, -0.1) is 0 Å². The highest BCUT2D eigenvalue weighted by atomic mass is 32.2. The van der Waals surface area contributed by atoms with Crippen LogP contribution in [0.3, 0.4) is 0 Å². The zero-order valence-corrected chi connectivity index (χ0v) is 12.0. The third-order valence-corrected chi connectivity index (χ3v) is 4.84. The van der Waals surface area contributed by atoms with Crippen molar-refractivity contribution in [3.63, 3.8) is 0 Å². The summed E-state index contributed by atoms with van der Waals surface area (Å²) in [4.78, 5) is 0. The predicted molar refractivity (Wildman–Crippen MR) is 73.8 cm³/mol. The van der Waals surface area contributed by atoms with Gasteiger partial charge in [0.2, 0.25) is 0 Å². The molecule has 2 aliphatic carbocycles. The van der Waals surface area contributed by atoms with E-state index in [4.69, 9.17) is 9.29 Å². The molecule has 1 saturated carbocycles. The summed E-state index contributed by atoms with van der Waals surface area (Å²) in [6, 6.07) is 0. The lowest BCUT2D eigenvalue weighted by Crippen LogP contribution is -2.34. The van der Waals surface area contributed by atoms with E-state index in [0.717, 1.165) is 12.3 Å². The van der Waals surface area contributed by atoms with Crippen molar-refractivity contribution < 1.29 is 13.5 Å². The van der Waals surface area contributed by atoms with Crippen molar-refractivity contribution in [1.29, 1.82) is 0 Å². The number of allylic oxidation sites excluding steroid dienone is 2. The van der Waals surface area contributed by atoms with Crippen molar-refractivity contribution >= 4 is 11.1 Å². The summed E-state index contributed by atoms with van der Waals surface area (Å²) in [5, 5.41) is 0. The highest BCUT2D eigenvalue weighted by molar-refractivity contribution is 7.79. The van der Waals surface area contributed by atoms with Gasteiger partial charge < -0.3 is 9.29 Å². The van der Waals surface area contributed by atoms with Crippen LogP contribution in [0.1, 0.15) is 45.4 Å². The summed E-state index contributed by atoms with van der Waals surface area (Å²) in [6.07, 6.45) is 9.60. The lowest BCUT2D eigenvalue weighted by molar-refractivity contribution is -0.0210. The lowest BCUT2D eigenvalue weighted by Gasteiger charge is -2.39. The van der Waals surface area contributed by atoms with Crippen molar-refractivity contribution in [1.82, 2.24) is 0 Å². The van der Waals surface area contributed by atoms with E-state index in [1.165, 1.54) is 25.7 Å². The molecule has 104 valence electrons. The normalized spacial score (nSPS) is 33.0. The lowest BCUT2D eigenvalue weighted by atomic mass is 9.71. The highest BCUT2D eigenvalue weighted by Gasteiger charge is 2.33. The molecule has 1 fully saturated rings. The Bertz CT molecular complexity index is 327. The van der Waals surface area contributed by atoms with E-state index in [1.807, 2.05) is 0 Å². The Balaban J connectivity index is 1.77. The van der Waals surface area contributed by atoms with Gasteiger partial charge in [0.05, 0.1) is 11.9 Å². The molecule has 0 aliphatic heterocycles.